The minimum atomic E-state index is -4.42. The Kier molecular flexibility index (Phi) is 4.31. The number of alkyl halides is 3. The molecule has 0 saturated carbocycles. The van der Waals surface area contributed by atoms with E-state index in [-0.39, 0.29) is 17.6 Å². The normalized spacial score (nSPS) is 17.9. The van der Waals surface area contributed by atoms with Crippen LogP contribution in [0.3, 0.4) is 0 Å². The van der Waals surface area contributed by atoms with Crippen LogP contribution in [0.2, 0.25) is 0 Å². The molecule has 1 aliphatic rings. The number of nitrogens with zero attached hydrogens (tertiary/aromatic N) is 2. The molecule has 128 valence electrons. The monoisotopic (exact) mass is 338 g/mol. The van der Waals surface area contributed by atoms with Crippen molar-refractivity contribution >= 4 is 5.91 Å². The first-order valence-corrected chi connectivity index (χ1v) is 7.60. The zero-order chi connectivity index (χ0) is 17.3. The van der Waals surface area contributed by atoms with Gasteiger partial charge >= 0.3 is 6.18 Å². The average Bonchev–Trinajstić information content (AvgIpc) is 3.16. The zero-order valence-electron chi connectivity index (χ0n) is 13.0. The van der Waals surface area contributed by atoms with Crippen molar-refractivity contribution in [2.24, 2.45) is 0 Å². The van der Waals surface area contributed by atoms with Crippen molar-refractivity contribution in [1.29, 1.82) is 0 Å². The van der Waals surface area contributed by atoms with E-state index in [0.29, 0.717) is 17.8 Å². The van der Waals surface area contributed by atoms with E-state index in [4.69, 9.17) is 0 Å². The van der Waals surface area contributed by atoms with Crippen LogP contribution in [0.15, 0.2) is 30.5 Å². The lowest BCUT2D eigenvalue weighted by molar-refractivity contribution is -0.137. The summed E-state index contributed by atoms with van der Waals surface area (Å²) in [5.41, 5.74) is 0.374. The lowest BCUT2D eigenvalue weighted by Crippen LogP contribution is -2.36. The van der Waals surface area contributed by atoms with Gasteiger partial charge in [0.1, 0.15) is 0 Å². The molecule has 1 unspecified atom stereocenters. The molecule has 1 aromatic heterocycles. The molecule has 2 N–H and O–H groups in total. The molecule has 0 aliphatic carbocycles. The molecule has 1 saturated heterocycles. The Morgan fingerprint density at radius 2 is 2.21 bits per heavy atom. The maximum atomic E-state index is 12.8. The number of nitrogens with one attached hydrogen (secondary N) is 2. The van der Waals surface area contributed by atoms with E-state index in [1.807, 2.05) is 0 Å². The zero-order valence-corrected chi connectivity index (χ0v) is 13.0. The number of halogens is 3. The molecule has 0 radical (unpaired) electrons. The molecule has 1 fully saturated rings. The number of hydrogen-bond acceptors (Lipinski definition) is 3. The Morgan fingerprint density at radius 3 is 2.88 bits per heavy atom. The first-order valence-electron chi connectivity index (χ1n) is 7.60. The highest BCUT2D eigenvalue weighted by Gasteiger charge is 2.31. The number of rotatable bonds is 3. The summed E-state index contributed by atoms with van der Waals surface area (Å²) in [6, 6.07) is 4.93. The predicted octanol–water partition coefficient (Wildman–Crippen LogP) is 2.29. The summed E-state index contributed by atoms with van der Waals surface area (Å²) in [6.07, 6.45) is -2.19. The third kappa shape index (κ3) is 3.28. The maximum Gasteiger partial charge on any atom is 0.416 e. The fraction of sp³-hybridized carbons (Fsp3) is 0.375. The summed E-state index contributed by atoms with van der Waals surface area (Å²) in [6.45, 7) is 3.23. The lowest BCUT2D eigenvalue weighted by Gasteiger charge is -2.12. The van der Waals surface area contributed by atoms with Gasteiger partial charge in [0.15, 0.2) is 0 Å². The van der Waals surface area contributed by atoms with Crippen molar-refractivity contribution in [2.75, 3.05) is 13.1 Å². The van der Waals surface area contributed by atoms with E-state index >= 15 is 0 Å². The van der Waals surface area contributed by atoms with Crippen LogP contribution in [0.4, 0.5) is 13.2 Å². The summed E-state index contributed by atoms with van der Waals surface area (Å²) in [7, 11) is 0. The Bertz CT molecular complexity index is 748. The standard InChI is InChI=1S/C16H17F3N4O/c1-10-14(15(24)22-12-5-6-20-8-12)9-21-23(10)13-4-2-3-11(7-13)16(17,18)19/h2-4,7,9,12,20H,5-6,8H2,1H3,(H,22,24). The van der Waals surface area contributed by atoms with Crippen molar-refractivity contribution in [2.45, 2.75) is 25.6 Å². The Labute approximate surface area is 136 Å². The van der Waals surface area contributed by atoms with Gasteiger partial charge in [0.2, 0.25) is 0 Å². The van der Waals surface area contributed by atoms with Crippen molar-refractivity contribution < 1.29 is 18.0 Å². The molecule has 3 rings (SSSR count). The molecule has 0 bridgehead atoms. The molecule has 24 heavy (non-hydrogen) atoms. The molecular weight excluding hydrogens is 321 g/mol. The van der Waals surface area contributed by atoms with E-state index in [9.17, 15) is 18.0 Å². The van der Waals surface area contributed by atoms with Crippen LogP contribution in [0.25, 0.3) is 5.69 Å². The van der Waals surface area contributed by atoms with Crippen LogP contribution in [-0.4, -0.2) is 34.8 Å². The number of carbonyl (C=O) groups excluding carboxylic acids is 1. The first kappa shape index (κ1) is 16.5. The summed E-state index contributed by atoms with van der Waals surface area (Å²) < 4.78 is 39.9. The highest BCUT2D eigenvalue weighted by atomic mass is 19.4. The van der Waals surface area contributed by atoms with E-state index in [2.05, 4.69) is 15.7 Å². The molecule has 0 spiro atoms. The third-order valence-electron chi connectivity index (χ3n) is 4.07. The number of aromatic nitrogens is 2. The Balaban J connectivity index is 1.86. The molecule has 5 nitrogen and oxygen atoms in total. The van der Waals surface area contributed by atoms with Crippen molar-refractivity contribution in [1.82, 2.24) is 20.4 Å². The van der Waals surface area contributed by atoms with Gasteiger partial charge in [-0.15, -0.1) is 0 Å². The van der Waals surface area contributed by atoms with Crippen LogP contribution < -0.4 is 10.6 Å². The van der Waals surface area contributed by atoms with Gasteiger partial charge in [0.25, 0.3) is 5.91 Å². The maximum absolute atomic E-state index is 12.8. The highest BCUT2D eigenvalue weighted by molar-refractivity contribution is 5.95. The van der Waals surface area contributed by atoms with Crippen LogP contribution in [-0.2, 0) is 6.18 Å². The number of amides is 1. The quantitative estimate of drug-likeness (QED) is 0.903. The van der Waals surface area contributed by atoms with Gasteiger partial charge in [0.05, 0.1) is 28.7 Å². The average molecular weight is 338 g/mol. The molecule has 1 amide bonds. The van der Waals surface area contributed by atoms with Gasteiger partial charge in [-0.3, -0.25) is 4.79 Å². The van der Waals surface area contributed by atoms with Crippen molar-refractivity contribution in [3.63, 3.8) is 0 Å². The fourth-order valence-corrected chi connectivity index (χ4v) is 2.75. The minimum absolute atomic E-state index is 0.0637. The fourth-order valence-electron chi connectivity index (χ4n) is 2.75. The van der Waals surface area contributed by atoms with Gasteiger partial charge in [-0.2, -0.15) is 18.3 Å². The van der Waals surface area contributed by atoms with Crippen LogP contribution in [0.1, 0.15) is 28.0 Å². The van der Waals surface area contributed by atoms with Gasteiger partial charge in [0, 0.05) is 12.6 Å². The summed E-state index contributed by atoms with van der Waals surface area (Å²) in [5.74, 6) is -0.264. The Hall–Kier alpha value is -2.35. The van der Waals surface area contributed by atoms with Gasteiger partial charge < -0.3 is 10.6 Å². The van der Waals surface area contributed by atoms with Crippen LogP contribution in [0.5, 0.6) is 0 Å². The minimum Gasteiger partial charge on any atom is -0.348 e. The van der Waals surface area contributed by atoms with Gasteiger partial charge in [-0.1, -0.05) is 6.07 Å². The topological polar surface area (TPSA) is 59.0 Å². The second-order valence-corrected chi connectivity index (χ2v) is 5.77. The highest BCUT2D eigenvalue weighted by Crippen LogP contribution is 2.30. The summed E-state index contributed by atoms with van der Waals surface area (Å²) in [4.78, 5) is 12.3. The number of carbonyl (C=O) groups is 1. The van der Waals surface area contributed by atoms with Crippen molar-refractivity contribution in [3.05, 3.63) is 47.3 Å². The molecular formula is C16H17F3N4O. The van der Waals surface area contributed by atoms with Crippen LogP contribution in [0, 0.1) is 6.92 Å². The second-order valence-electron chi connectivity index (χ2n) is 5.77. The van der Waals surface area contributed by atoms with E-state index < -0.39 is 11.7 Å². The number of benzene rings is 1. The first-order chi connectivity index (χ1) is 11.4. The molecule has 1 aromatic carbocycles. The predicted molar refractivity (Wildman–Crippen MR) is 82.0 cm³/mol. The van der Waals surface area contributed by atoms with E-state index in [0.717, 1.165) is 25.1 Å². The van der Waals surface area contributed by atoms with E-state index in [1.165, 1.54) is 23.0 Å². The number of hydrogen-bond donors (Lipinski definition) is 2. The smallest absolute Gasteiger partial charge is 0.348 e. The third-order valence-corrected chi connectivity index (χ3v) is 4.07. The van der Waals surface area contributed by atoms with Crippen molar-refractivity contribution in [3.8, 4) is 5.69 Å². The molecule has 1 aliphatic heterocycles. The Morgan fingerprint density at radius 1 is 1.42 bits per heavy atom. The summed E-state index contributed by atoms with van der Waals surface area (Å²) >= 11 is 0. The second kappa shape index (κ2) is 6.27. The molecule has 2 heterocycles. The van der Waals surface area contributed by atoms with E-state index in [1.54, 1.807) is 6.92 Å². The van der Waals surface area contributed by atoms with Crippen LogP contribution >= 0.6 is 0 Å². The lowest BCUT2D eigenvalue weighted by atomic mass is 10.2. The SMILES string of the molecule is Cc1c(C(=O)NC2CCNC2)cnn1-c1cccc(C(F)(F)F)c1. The van der Waals surface area contributed by atoms with Gasteiger partial charge in [-0.05, 0) is 38.1 Å². The van der Waals surface area contributed by atoms with Gasteiger partial charge in [-0.25, -0.2) is 4.68 Å². The summed E-state index contributed by atoms with van der Waals surface area (Å²) in [5, 5.41) is 10.1. The molecule has 8 heteroatoms. The molecule has 2 aromatic rings. The largest absolute Gasteiger partial charge is 0.416 e. The molecule has 1 atom stereocenters.